The van der Waals surface area contributed by atoms with Crippen molar-refractivity contribution in [1.29, 1.82) is 0 Å². The van der Waals surface area contributed by atoms with Crippen LogP contribution in [0.2, 0.25) is 0 Å². The van der Waals surface area contributed by atoms with E-state index in [9.17, 15) is 4.79 Å². The number of benzene rings is 2. The Bertz CT molecular complexity index is 584. The average Bonchev–Trinajstić information content (AvgIpc) is 2.51. The van der Waals surface area contributed by atoms with E-state index in [0.717, 1.165) is 11.1 Å². The number of piperidine rings is 1. The lowest BCUT2D eigenvalue weighted by molar-refractivity contribution is -0.121. The molecular formula is C17H16ClNO. The molecule has 1 N–H and O–H groups in total. The van der Waals surface area contributed by atoms with Gasteiger partial charge in [0.05, 0.1) is 6.04 Å². The molecule has 0 aliphatic carbocycles. The second-order valence-corrected chi connectivity index (χ2v) is 5.56. The maximum Gasteiger partial charge on any atom is 0.154 e. The monoisotopic (exact) mass is 285 g/mol. The van der Waals surface area contributed by atoms with Gasteiger partial charge in [-0.25, -0.2) is 0 Å². The van der Waals surface area contributed by atoms with Crippen LogP contribution in [0, 0.1) is 0 Å². The van der Waals surface area contributed by atoms with Crippen LogP contribution in [0.1, 0.15) is 29.6 Å². The van der Waals surface area contributed by atoms with Crippen LogP contribution in [0.5, 0.6) is 0 Å². The number of hydrogen-bond donors (Lipinski definition) is 1. The van der Waals surface area contributed by atoms with Gasteiger partial charge in [0.2, 0.25) is 0 Å². The van der Waals surface area contributed by atoms with Gasteiger partial charge < -0.3 is 5.32 Å². The van der Waals surface area contributed by atoms with Crippen LogP contribution in [0.25, 0.3) is 0 Å². The van der Waals surface area contributed by atoms with Crippen LogP contribution in [0.4, 0.5) is 0 Å². The number of ketones is 1. The van der Waals surface area contributed by atoms with Gasteiger partial charge in [-0.1, -0.05) is 60.7 Å². The summed E-state index contributed by atoms with van der Waals surface area (Å²) >= 11 is 6.31. The van der Waals surface area contributed by atoms with Gasteiger partial charge in [-0.15, -0.1) is 11.6 Å². The molecule has 1 saturated heterocycles. The fraction of sp³-hybridized carbons (Fsp3) is 0.235. The van der Waals surface area contributed by atoms with Crippen molar-refractivity contribution in [3.8, 4) is 0 Å². The van der Waals surface area contributed by atoms with Gasteiger partial charge in [0, 0.05) is 12.5 Å². The Hall–Kier alpha value is -1.64. The highest BCUT2D eigenvalue weighted by molar-refractivity contribution is 6.32. The molecule has 1 fully saturated rings. The summed E-state index contributed by atoms with van der Waals surface area (Å²) in [5.74, 6) is 0.105. The van der Waals surface area contributed by atoms with Gasteiger partial charge in [0.15, 0.2) is 5.78 Å². The summed E-state index contributed by atoms with van der Waals surface area (Å²) in [4.78, 5) is 12.2. The lowest BCUT2D eigenvalue weighted by Gasteiger charge is -2.34. The first kappa shape index (κ1) is 13.3. The lowest BCUT2D eigenvalue weighted by atomic mass is 9.89. The fourth-order valence-corrected chi connectivity index (χ4v) is 2.99. The van der Waals surface area contributed by atoms with Crippen molar-refractivity contribution in [2.24, 2.45) is 0 Å². The van der Waals surface area contributed by atoms with Crippen molar-refractivity contribution in [2.75, 3.05) is 0 Å². The molecule has 0 radical (unpaired) electrons. The number of nitrogens with one attached hydrogen (secondary N) is 1. The Morgan fingerprint density at radius 2 is 1.45 bits per heavy atom. The number of halogens is 1. The summed E-state index contributed by atoms with van der Waals surface area (Å²) in [6, 6.07) is 19.9. The minimum absolute atomic E-state index is 0.0314. The Balaban J connectivity index is 1.89. The van der Waals surface area contributed by atoms with Gasteiger partial charge in [0.25, 0.3) is 0 Å². The second-order valence-electron chi connectivity index (χ2n) is 5.09. The maximum absolute atomic E-state index is 12.2. The van der Waals surface area contributed by atoms with Gasteiger partial charge in [-0.3, -0.25) is 4.79 Å². The summed E-state index contributed by atoms with van der Waals surface area (Å²) in [6.07, 6.45) is 0.446. The molecule has 2 aromatic carbocycles. The second kappa shape index (κ2) is 5.78. The number of alkyl halides is 1. The Kier molecular flexibility index (Phi) is 3.86. The molecule has 0 amide bonds. The highest BCUT2D eigenvalue weighted by Crippen LogP contribution is 2.33. The third-order valence-corrected chi connectivity index (χ3v) is 4.24. The van der Waals surface area contributed by atoms with E-state index >= 15 is 0 Å². The highest BCUT2D eigenvalue weighted by atomic mass is 35.5. The SMILES string of the molecule is O=C1CC(c2ccccc2)NC(c2ccccc2)C1Cl. The highest BCUT2D eigenvalue weighted by Gasteiger charge is 2.36. The molecule has 0 aromatic heterocycles. The van der Waals surface area contributed by atoms with Crippen molar-refractivity contribution in [3.05, 3.63) is 71.8 Å². The topological polar surface area (TPSA) is 29.1 Å². The van der Waals surface area contributed by atoms with E-state index in [0.29, 0.717) is 6.42 Å². The van der Waals surface area contributed by atoms with Crippen LogP contribution in [-0.2, 0) is 4.79 Å². The molecule has 0 bridgehead atoms. The summed E-state index contributed by atoms with van der Waals surface area (Å²) in [6.45, 7) is 0. The molecule has 1 aliphatic heterocycles. The molecule has 0 spiro atoms. The standard InChI is InChI=1S/C17H16ClNO/c18-16-15(20)11-14(12-7-3-1-4-8-12)19-17(16)13-9-5-2-6-10-13/h1-10,14,16-17,19H,11H2. The first-order chi connectivity index (χ1) is 9.75. The summed E-state index contributed by atoms with van der Waals surface area (Å²) < 4.78 is 0. The van der Waals surface area contributed by atoms with Crippen LogP contribution < -0.4 is 5.32 Å². The molecule has 2 aromatic rings. The zero-order valence-corrected chi connectivity index (χ0v) is 11.8. The first-order valence-corrected chi connectivity index (χ1v) is 7.22. The molecule has 102 valence electrons. The quantitative estimate of drug-likeness (QED) is 0.854. The molecule has 1 heterocycles. The van der Waals surface area contributed by atoms with Crippen LogP contribution >= 0.6 is 11.6 Å². The van der Waals surface area contributed by atoms with E-state index in [2.05, 4.69) is 5.32 Å². The Morgan fingerprint density at radius 1 is 0.900 bits per heavy atom. The molecular weight excluding hydrogens is 270 g/mol. The molecule has 2 nitrogen and oxygen atoms in total. The Labute approximate surface area is 123 Å². The van der Waals surface area contributed by atoms with Crippen molar-refractivity contribution in [2.45, 2.75) is 23.9 Å². The summed E-state index contributed by atoms with van der Waals surface area (Å²) in [5, 5.41) is 3.01. The number of rotatable bonds is 2. The largest absolute Gasteiger partial charge is 0.301 e. The minimum Gasteiger partial charge on any atom is -0.301 e. The van der Waals surface area contributed by atoms with E-state index < -0.39 is 5.38 Å². The summed E-state index contributed by atoms with van der Waals surface area (Å²) in [7, 11) is 0. The first-order valence-electron chi connectivity index (χ1n) is 6.78. The number of hydrogen-bond acceptors (Lipinski definition) is 2. The predicted octanol–water partition coefficient (Wildman–Crippen LogP) is 3.64. The van der Waals surface area contributed by atoms with E-state index in [1.54, 1.807) is 0 Å². The predicted molar refractivity (Wildman–Crippen MR) is 80.8 cm³/mol. The zero-order valence-electron chi connectivity index (χ0n) is 11.0. The average molecular weight is 286 g/mol. The van der Waals surface area contributed by atoms with Gasteiger partial charge >= 0.3 is 0 Å². The number of carbonyl (C=O) groups excluding carboxylic acids is 1. The van der Waals surface area contributed by atoms with E-state index in [1.807, 2.05) is 60.7 Å². The van der Waals surface area contributed by atoms with E-state index in [-0.39, 0.29) is 17.9 Å². The third-order valence-electron chi connectivity index (χ3n) is 3.75. The van der Waals surface area contributed by atoms with Gasteiger partial charge in [-0.2, -0.15) is 0 Å². The minimum atomic E-state index is -0.502. The maximum atomic E-state index is 12.2. The van der Waals surface area contributed by atoms with Gasteiger partial charge in [0.1, 0.15) is 5.38 Å². The summed E-state index contributed by atoms with van der Waals surface area (Å²) in [5.41, 5.74) is 2.19. The van der Waals surface area contributed by atoms with E-state index in [1.165, 1.54) is 0 Å². The molecule has 3 heteroatoms. The van der Waals surface area contributed by atoms with E-state index in [4.69, 9.17) is 11.6 Å². The zero-order chi connectivity index (χ0) is 13.9. The van der Waals surface area contributed by atoms with Crippen molar-refractivity contribution >= 4 is 17.4 Å². The lowest BCUT2D eigenvalue weighted by Crippen LogP contribution is -2.43. The van der Waals surface area contributed by atoms with Crippen LogP contribution in [-0.4, -0.2) is 11.2 Å². The van der Waals surface area contributed by atoms with Crippen LogP contribution in [0.15, 0.2) is 60.7 Å². The van der Waals surface area contributed by atoms with Crippen molar-refractivity contribution in [3.63, 3.8) is 0 Å². The van der Waals surface area contributed by atoms with Crippen LogP contribution in [0.3, 0.4) is 0 Å². The molecule has 0 saturated carbocycles. The fourth-order valence-electron chi connectivity index (χ4n) is 2.68. The third kappa shape index (κ3) is 2.62. The van der Waals surface area contributed by atoms with Gasteiger partial charge in [-0.05, 0) is 11.1 Å². The molecule has 3 unspecified atom stereocenters. The smallest absolute Gasteiger partial charge is 0.154 e. The number of carbonyl (C=O) groups is 1. The molecule has 1 aliphatic rings. The molecule has 3 rings (SSSR count). The van der Waals surface area contributed by atoms with Crippen molar-refractivity contribution < 1.29 is 4.79 Å². The van der Waals surface area contributed by atoms with Crippen molar-refractivity contribution in [1.82, 2.24) is 5.32 Å². The normalized spacial score (nSPS) is 26.4. The number of Topliss-reactive ketones (excluding diaryl/α,β-unsaturated/α-hetero) is 1. The molecule has 20 heavy (non-hydrogen) atoms. The molecule has 3 atom stereocenters. The Morgan fingerprint density at radius 3 is 2.05 bits per heavy atom.